The smallest absolute Gasteiger partial charge is 0.339 e. The number of benzene rings is 2. The van der Waals surface area contributed by atoms with Crippen molar-refractivity contribution < 1.29 is 24.0 Å². The molecular formula is C17H15ClN2O6. The number of carbonyl (C=O) groups is 2. The second-order valence-electron chi connectivity index (χ2n) is 5.16. The van der Waals surface area contributed by atoms with Gasteiger partial charge >= 0.3 is 5.97 Å². The average Bonchev–Trinajstić information content (AvgIpc) is 2.62. The lowest BCUT2D eigenvalue weighted by Gasteiger charge is -2.15. The normalized spacial score (nSPS) is 11.3. The average molecular weight is 379 g/mol. The predicted molar refractivity (Wildman–Crippen MR) is 94.6 cm³/mol. The molecule has 0 aliphatic carbocycles. The Balaban J connectivity index is 2.08. The number of methoxy groups -OCH3 is 1. The molecule has 2 aromatic rings. The number of hydrogen-bond donors (Lipinski definition) is 1. The number of nitro benzene ring substituents is 1. The molecule has 0 bridgehead atoms. The lowest BCUT2D eigenvalue weighted by Crippen LogP contribution is -2.30. The SMILES string of the molecule is COc1ccccc1NC(=O)[C@H](C)OC(=O)c1ccc(Cl)c([N+](=O)[O-])c1. The summed E-state index contributed by atoms with van der Waals surface area (Å²) in [5.41, 5.74) is -0.0877. The van der Waals surface area contributed by atoms with Crippen molar-refractivity contribution in [1.29, 1.82) is 0 Å². The van der Waals surface area contributed by atoms with Gasteiger partial charge < -0.3 is 14.8 Å². The summed E-state index contributed by atoms with van der Waals surface area (Å²) in [5.74, 6) is -1.01. The van der Waals surface area contributed by atoms with E-state index in [9.17, 15) is 19.7 Å². The lowest BCUT2D eigenvalue weighted by atomic mass is 10.2. The predicted octanol–water partition coefficient (Wildman–Crippen LogP) is 3.44. The van der Waals surface area contributed by atoms with E-state index in [1.54, 1.807) is 24.3 Å². The van der Waals surface area contributed by atoms with Gasteiger partial charge in [-0.3, -0.25) is 14.9 Å². The first kappa shape index (κ1) is 19.2. The van der Waals surface area contributed by atoms with Crippen LogP contribution in [0, 0.1) is 10.1 Å². The van der Waals surface area contributed by atoms with E-state index in [0.29, 0.717) is 11.4 Å². The van der Waals surface area contributed by atoms with E-state index in [1.807, 2.05) is 0 Å². The Morgan fingerprint density at radius 3 is 2.58 bits per heavy atom. The Kier molecular flexibility index (Phi) is 6.13. The zero-order valence-corrected chi connectivity index (χ0v) is 14.6. The fourth-order valence-corrected chi connectivity index (χ4v) is 2.23. The van der Waals surface area contributed by atoms with Gasteiger partial charge in [-0.25, -0.2) is 4.79 Å². The number of nitrogens with one attached hydrogen (secondary N) is 1. The number of rotatable bonds is 6. The fraction of sp³-hybridized carbons (Fsp3) is 0.176. The molecule has 0 saturated heterocycles. The zero-order valence-electron chi connectivity index (χ0n) is 13.9. The standard InChI is InChI=1S/C17H15ClN2O6/c1-10(16(21)19-13-5-3-4-6-15(13)25-2)26-17(22)11-7-8-12(18)14(9-11)20(23)24/h3-10H,1-2H3,(H,19,21)/t10-/m0/s1. The molecule has 0 unspecified atom stereocenters. The second-order valence-corrected chi connectivity index (χ2v) is 5.57. The zero-order chi connectivity index (χ0) is 19.3. The van der Waals surface area contributed by atoms with Crippen LogP contribution in [0.25, 0.3) is 0 Å². The first-order chi connectivity index (χ1) is 12.3. The number of ether oxygens (including phenoxy) is 2. The quantitative estimate of drug-likeness (QED) is 0.468. The monoisotopic (exact) mass is 378 g/mol. The molecular weight excluding hydrogens is 364 g/mol. The summed E-state index contributed by atoms with van der Waals surface area (Å²) in [5, 5.41) is 13.4. The topological polar surface area (TPSA) is 108 Å². The highest BCUT2D eigenvalue weighted by atomic mass is 35.5. The van der Waals surface area contributed by atoms with Gasteiger partial charge in [-0.2, -0.15) is 0 Å². The number of halogens is 1. The molecule has 0 spiro atoms. The highest BCUT2D eigenvalue weighted by Gasteiger charge is 2.22. The van der Waals surface area contributed by atoms with Crippen molar-refractivity contribution in [3.05, 3.63) is 63.2 Å². The van der Waals surface area contributed by atoms with E-state index in [2.05, 4.69) is 5.32 Å². The molecule has 2 aromatic carbocycles. The molecule has 8 nitrogen and oxygen atoms in total. The summed E-state index contributed by atoms with van der Waals surface area (Å²) in [6.45, 7) is 1.38. The number of amides is 1. The molecule has 2 rings (SSSR count). The number of para-hydroxylation sites is 2. The minimum Gasteiger partial charge on any atom is -0.495 e. The Bertz CT molecular complexity index is 855. The number of nitro groups is 1. The van der Waals surface area contributed by atoms with Crippen molar-refractivity contribution in [1.82, 2.24) is 0 Å². The summed E-state index contributed by atoms with van der Waals surface area (Å²) in [6.07, 6.45) is -1.14. The van der Waals surface area contributed by atoms with Crippen LogP contribution < -0.4 is 10.1 Å². The highest BCUT2D eigenvalue weighted by Crippen LogP contribution is 2.26. The number of hydrogen-bond acceptors (Lipinski definition) is 6. The Labute approximate surface area is 153 Å². The summed E-state index contributed by atoms with van der Waals surface area (Å²) in [6, 6.07) is 10.2. The highest BCUT2D eigenvalue weighted by molar-refractivity contribution is 6.32. The Morgan fingerprint density at radius 1 is 1.23 bits per heavy atom. The molecule has 0 fully saturated rings. The molecule has 0 aliphatic rings. The van der Waals surface area contributed by atoms with Crippen molar-refractivity contribution in [2.45, 2.75) is 13.0 Å². The molecule has 0 heterocycles. The Morgan fingerprint density at radius 2 is 1.92 bits per heavy atom. The summed E-state index contributed by atoms with van der Waals surface area (Å²) in [4.78, 5) is 34.5. The van der Waals surface area contributed by atoms with Crippen LogP contribution in [-0.2, 0) is 9.53 Å². The van der Waals surface area contributed by atoms with E-state index in [4.69, 9.17) is 21.1 Å². The number of nitrogens with zero attached hydrogens (tertiary/aromatic N) is 1. The molecule has 1 N–H and O–H groups in total. The van der Waals surface area contributed by atoms with Gasteiger partial charge in [-0.15, -0.1) is 0 Å². The molecule has 136 valence electrons. The third kappa shape index (κ3) is 4.48. The molecule has 0 radical (unpaired) electrons. The van der Waals surface area contributed by atoms with Gasteiger partial charge in [0.25, 0.3) is 11.6 Å². The molecule has 9 heteroatoms. The van der Waals surface area contributed by atoms with E-state index in [-0.39, 0.29) is 10.6 Å². The van der Waals surface area contributed by atoms with Crippen LogP contribution in [0.3, 0.4) is 0 Å². The fourth-order valence-electron chi connectivity index (χ4n) is 2.04. The maximum atomic E-state index is 12.2. The van der Waals surface area contributed by atoms with Gasteiger partial charge in [-0.05, 0) is 31.2 Å². The molecule has 1 atom stereocenters. The summed E-state index contributed by atoms with van der Waals surface area (Å²) < 4.78 is 10.2. The van der Waals surface area contributed by atoms with Gasteiger partial charge in [0.05, 0.1) is 23.3 Å². The van der Waals surface area contributed by atoms with Crippen LogP contribution >= 0.6 is 11.6 Å². The maximum absolute atomic E-state index is 12.2. The summed E-state index contributed by atoms with van der Waals surface area (Å²) in [7, 11) is 1.46. The van der Waals surface area contributed by atoms with Crippen LogP contribution in [0.1, 0.15) is 17.3 Å². The van der Waals surface area contributed by atoms with Gasteiger partial charge in [0.1, 0.15) is 10.8 Å². The number of carbonyl (C=O) groups excluding carboxylic acids is 2. The van der Waals surface area contributed by atoms with E-state index in [0.717, 1.165) is 6.07 Å². The van der Waals surface area contributed by atoms with E-state index >= 15 is 0 Å². The molecule has 0 aromatic heterocycles. The van der Waals surface area contributed by atoms with Crippen LogP contribution in [0.4, 0.5) is 11.4 Å². The largest absolute Gasteiger partial charge is 0.495 e. The maximum Gasteiger partial charge on any atom is 0.339 e. The summed E-state index contributed by atoms with van der Waals surface area (Å²) >= 11 is 5.70. The molecule has 0 saturated carbocycles. The number of esters is 1. The van der Waals surface area contributed by atoms with Crippen molar-refractivity contribution in [2.75, 3.05) is 12.4 Å². The first-order valence-electron chi connectivity index (χ1n) is 7.42. The minimum absolute atomic E-state index is 0.0851. The van der Waals surface area contributed by atoms with E-state index in [1.165, 1.54) is 26.2 Å². The van der Waals surface area contributed by atoms with Crippen molar-refractivity contribution in [2.24, 2.45) is 0 Å². The van der Waals surface area contributed by atoms with Crippen LogP contribution in [0.2, 0.25) is 5.02 Å². The van der Waals surface area contributed by atoms with E-state index < -0.39 is 28.6 Å². The second kappa shape index (κ2) is 8.30. The van der Waals surface area contributed by atoms with Crippen molar-refractivity contribution in [3.63, 3.8) is 0 Å². The number of anilines is 1. The third-order valence-electron chi connectivity index (χ3n) is 3.40. The van der Waals surface area contributed by atoms with Gasteiger partial charge in [0, 0.05) is 6.07 Å². The van der Waals surface area contributed by atoms with Crippen molar-refractivity contribution >= 4 is 34.9 Å². The Hall–Kier alpha value is -3.13. The van der Waals surface area contributed by atoms with Gasteiger partial charge in [0.2, 0.25) is 0 Å². The lowest BCUT2D eigenvalue weighted by molar-refractivity contribution is -0.384. The minimum atomic E-state index is -1.14. The van der Waals surface area contributed by atoms with Crippen LogP contribution in [0.5, 0.6) is 5.75 Å². The van der Waals surface area contributed by atoms with Crippen LogP contribution in [-0.4, -0.2) is 30.0 Å². The van der Waals surface area contributed by atoms with Crippen LogP contribution in [0.15, 0.2) is 42.5 Å². The molecule has 26 heavy (non-hydrogen) atoms. The van der Waals surface area contributed by atoms with Gasteiger partial charge in [-0.1, -0.05) is 23.7 Å². The first-order valence-corrected chi connectivity index (χ1v) is 7.80. The van der Waals surface area contributed by atoms with Crippen molar-refractivity contribution in [3.8, 4) is 5.75 Å². The molecule has 1 amide bonds. The molecule has 0 aliphatic heterocycles. The van der Waals surface area contributed by atoms with Gasteiger partial charge in [0.15, 0.2) is 6.10 Å². The third-order valence-corrected chi connectivity index (χ3v) is 3.72.